The Bertz CT molecular complexity index is 493. The highest BCUT2D eigenvalue weighted by Crippen LogP contribution is 2.24. The Labute approximate surface area is 109 Å². The summed E-state index contributed by atoms with van der Waals surface area (Å²) in [6.45, 7) is 5.78. The van der Waals surface area contributed by atoms with Crippen molar-refractivity contribution in [1.82, 2.24) is 4.31 Å². The number of hydrogen-bond acceptors (Lipinski definition) is 4. The minimum absolute atomic E-state index is 0.0318. The van der Waals surface area contributed by atoms with Crippen LogP contribution in [0.4, 0.5) is 0 Å². The lowest BCUT2D eigenvalue weighted by molar-refractivity contribution is 0.367. The number of hydrogen-bond donors (Lipinski definition) is 1. The van der Waals surface area contributed by atoms with Crippen LogP contribution >= 0.6 is 0 Å². The van der Waals surface area contributed by atoms with Gasteiger partial charge in [0.1, 0.15) is 16.4 Å². The van der Waals surface area contributed by atoms with Gasteiger partial charge < -0.3 is 10.2 Å². The van der Waals surface area contributed by atoms with Crippen molar-refractivity contribution in [3.05, 3.63) is 17.6 Å². The summed E-state index contributed by atoms with van der Waals surface area (Å²) in [5, 5.41) is 0. The van der Waals surface area contributed by atoms with Crippen molar-refractivity contribution >= 4 is 10.0 Å². The molecule has 0 radical (unpaired) electrons. The maximum atomic E-state index is 12.4. The lowest BCUT2D eigenvalue weighted by atomic mass is 10.2. The van der Waals surface area contributed by atoms with Crippen LogP contribution < -0.4 is 5.73 Å². The van der Waals surface area contributed by atoms with Gasteiger partial charge in [-0.1, -0.05) is 13.3 Å². The number of nitrogens with zero attached hydrogens (tertiary/aromatic N) is 1. The Kier molecular flexibility index (Phi) is 4.95. The molecule has 0 spiro atoms. The summed E-state index contributed by atoms with van der Waals surface area (Å²) in [5.74, 6) is 0.883. The van der Waals surface area contributed by atoms with Crippen molar-refractivity contribution in [2.45, 2.75) is 51.1 Å². The molecule has 0 aromatic carbocycles. The summed E-state index contributed by atoms with van der Waals surface area (Å²) in [6.07, 6.45) is 1.77. The fourth-order valence-corrected chi connectivity index (χ4v) is 3.45. The molecule has 1 aromatic heterocycles. The van der Waals surface area contributed by atoms with Crippen molar-refractivity contribution in [2.75, 3.05) is 7.05 Å². The van der Waals surface area contributed by atoms with E-state index in [-0.39, 0.29) is 17.5 Å². The first kappa shape index (κ1) is 15.2. The van der Waals surface area contributed by atoms with Crippen LogP contribution in [0.3, 0.4) is 0 Å². The second-order valence-electron chi connectivity index (χ2n) is 4.50. The molecule has 1 heterocycles. The van der Waals surface area contributed by atoms with E-state index in [1.54, 1.807) is 14.0 Å². The Morgan fingerprint density at radius 3 is 2.56 bits per heavy atom. The van der Waals surface area contributed by atoms with Crippen LogP contribution in [0.2, 0.25) is 0 Å². The molecule has 1 aromatic rings. The van der Waals surface area contributed by atoms with Gasteiger partial charge in [-0.05, 0) is 20.3 Å². The van der Waals surface area contributed by atoms with E-state index in [0.29, 0.717) is 11.5 Å². The monoisotopic (exact) mass is 274 g/mol. The van der Waals surface area contributed by atoms with Crippen molar-refractivity contribution in [2.24, 2.45) is 5.73 Å². The molecule has 5 nitrogen and oxygen atoms in total. The summed E-state index contributed by atoms with van der Waals surface area (Å²) in [5.41, 5.74) is 5.46. The van der Waals surface area contributed by atoms with Crippen molar-refractivity contribution in [1.29, 1.82) is 0 Å². The van der Waals surface area contributed by atoms with Gasteiger partial charge >= 0.3 is 0 Å². The second-order valence-corrected chi connectivity index (χ2v) is 6.46. The summed E-state index contributed by atoms with van der Waals surface area (Å²) >= 11 is 0. The van der Waals surface area contributed by atoms with E-state index in [2.05, 4.69) is 0 Å². The van der Waals surface area contributed by atoms with E-state index >= 15 is 0 Å². The highest BCUT2D eigenvalue weighted by molar-refractivity contribution is 7.89. The summed E-state index contributed by atoms with van der Waals surface area (Å²) in [6, 6.07) is 1.48. The summed E-state index contributed by atoms with van der Waals surface area (Å²) in [4.78, 5) is 0.216. The fraction of sp³-hybridized carbons (Fsp3) is 0.667. The molecule has 6 heteroatoms. The van der Waals surface area contributed by atoms with Gasteiger partial charge in [-0.2, -0.15) is 4.31 Å². The van der Waals surface area contributed by atoms with Gasteiger partial charge in [-0.25, -0.2) is 8.42 Å². The van der Waals surface area contributed by atoms with E-state index < -0.39 is 10.0 Å². The standard InChI is InChI=1S/C12H22N2O3S/c1-5-6-9(2)14(4)18(15,16)12-7-11(8-13)17-10(12)3/h7,9H,5-6,8,13H2,1-4H3. The number of nitrogens with two attached hydrogens (primary N) is 1. The number of sulfonamides is 1. The molecule has 0 aliphatic carbocycles. The molecule has 1 rings (SSSR count). The topological polar surface area (TPSA) is 76.5 Å². The number of furan rings is 1. The van der Waals surface area contributed by atoms with E-state index in [4.69, 9.17) is 10.2 Å². The van der Waals surface area contributed by atoms with Crippen LogP contribution in [0.5, 0.6) is 0 Å². The number of aryl methyl sites for hydroxylation is 1. The molecular formula is C12H22N2O3S. The van der Waals surface area contributed by atoms with Crippen molar-refractivity contribution in [3.8, 4) is 0 Å². The van der Waals surface area contributed by atoms with E-state index in [1.165, 1.54) is 10.4 Å². The maximum absolute atomic E-state index is 12.4. The van der Waals surface area contributed by atoms with E-state index in [0.717, 1.165) is 12.8 Å². The molecule has 1 unspecified atom stereocenters. The van der Waals surface area contributed by atoms with E-state index in [9.17, 15) is 8.42 Å². The molecule has 0 fully saturated rings. The van der Waals surface area contributed by atoms with Crippen LogP contribution in [-0.4, -0.2) is 25.8 Å². The summed E-state index contributed by atoms with van der Waals surface area (Å²) in [7, 11) is -1.89. The smallest absolute Gasteiger partial charge is 0.246 e. The minimum Gasteiger partial charge on any atom is -0.464 e. The maximum Gasteiger partial charge on any atom is 0.246 e. The largest absolute Gasteiger partial charge is 0.464 e. The van der Waals surface area contributed by atoms with Gasteiger partial charge in [0.05, 0.1) is 6.54 Å². The molecule has 0 saturated carbocycles. The Hall–Kier alpha value is -0.850. The molecule has 0 aliphatic rings. The van der Waals surface area contributed by atoms with Crippen LogP contribution in [-0.2, 0) is 16.6 Å². The first-order valence-corrected chi connectivity index (χ1v) is 7.56. The molecule has 1 atom stereocenters. The normalized spacial score (nSPS) is 14.1. The minimum atomic E-state index is -3.50. The molecule has 0 amide bonds. The third kappa shape index (κ3) is 2.93. The molecule has 104 valence electrons. The van der Waals surface area contributed by atoms with E-state index in [1.807, 2.05) is 13.8 Å². The highest BCUT2D eigenvalue weighted by atomic mass is 32.2. The Balaban J connectivity index is 3.08. The van der Waals surface area contributed by atoms with Crippen LogP contribution in [0.15, 0.2) is 15.4 Å². The molecular weight excluding hydrogens is 252 g/mol. The zero-order valence-electron chi connectivity index (χ0n) is 11.4. The third-order valence-corrected chi connectivity index (χ3v) is 5.19. The van der Waals surface area contributed by atoms with Gasteiger partial charge in [0.2, 0.25) is 10.0 Å². The van der Waals surface area contributed by atoms with Crippen LogP contribution in [0.25, 0.3) is 0 Å². The first-order chi connectivity index (χ1) is 8.34. The SMILES string of the molecule is CCCC(C)N(C)S(=O)(=O)c1cc(CN)oc1C. The first-order valence-electron chi connectivity index (χ1n) is 6.12. The summed E-state index contributed by atoms with van der Waals surface area (Å²) < 4.78 is 31.6. The lowest BCUT2D eigenvalue weighted by Gasteiger charge is -2.23. The molecule has 0 aliphatic heterocycles. The molecule has 18 heavy (non-hydrogen) atoms. The Morgan fingerprint density at radius 1 is 1.50 bits per heavy atom. The molecule has 0 saturated heterocycles. The quantitative estimate of drug-likeness (QED) is 0.859. The molecule has 2 N–H and O–H groups in total. The van der Waals surface area contributed by atoms with Crippen LogP contribution in [0, 0.1) is 6.92 Å². The van der Waals surface area contributed by atoms with Gasteiger partial charge in [0.15, 0.2) is 0 Å². The van der Waals surface area contributed by atoms with Gasteiger partial charge in [-0.3, -0.25) is 0 Å². The lowest BCUT2D eigenvalue weighted by Crippen LogP contribution is -2.35. The second kappa shape index (κ2) is 5.86. The van der Waals surface area contributed by atoms with Crippen molar-refractivity contribution < 1.29 is 12.8 Å². The number of rotatable bonds is 6. The highest BCUT2D eigenvalue weighted by Gasteiger charge is 2.28. The van der Waals surface area contributed by atoms with Gasteiger partial charge in [0.25, 0.3) is 0 Å². The predicted molar refractivity (Wildman–Crippen MR) is 70.7 cm³/mol. The van der Waals surface area contributed by atoms with Crippen LogP contribution in [0.1, 0.15) is 38.2 Å². The van der Waals surface area contributed by atoms with Crippen molar-refractivity contribution in [3.63, 3.8) is 0 Å². The fourth-order valence-electron chi connectivity index (χ4n) is 1.87. The average molecular weight is 274 g/mol. The van der Waals surface area contributed by atoms with Gasteiger partial charge in [0, 0.05) is 19.2 Å². The molecule has 0 bridgehead atoms. The zero-order valence-corrected chi connectivity index (χ0v) is 12.3. The Morgan fingerprint density at radius 2 is 2.11 bits per heavy atom. The van der Waals surface area contributed by atoms with Gasteiger partial charge in [-0.15, -0.1) is 0 Å². The predicted octanol–water partition coefficient (Wildman–Crippen LogP) is 1.86. The third-order valence-electron chi connectivity index (χ3n) is 3.11. The zero-order chi connectivity index (χ0) is 13.9. The average Bonchev–Trinajstić information content (AvgIpc) is 2.70.